The van der Waals surface area contributed by atoms with Crippen molar-refractivity contribution in [3.63, 3.8) is 0 Å². The number of likely N-dealkylation sites (tertiary alicyclic amines) is 1. The lowest BCUT2D eigenvalue weighted by Gasteiger charge is -2.24. The molecule has 0 unspecified atom stereocenters. The van der Waals surface area contributed by atoms with Crippen LogP contribution in [0.2, 0.25) is 0 Å². The Balaban J connectivity index is 1.41. The highest BCUT2D eigenvalue weighted by Gasteiger charge is 2.29. The Morgan fingerprint density at radius 1 is 1.28 bits per heavy atom. The Bertz CT molecular complexity index is 628. The molecule has 0 saturated carbocycles. The van der Waals surface area contributed by atoms with E-state index in [1.54, 1.807) is 0 Å². The van der Waals surface area contributed by atoms with Crippen LogP contribution < -0.4 is 5.32 Å². The summed E-state index contributed by atoms with van der Waals surface area (Å²) in [6.45, 7) is 6.35. The third kappa shape index (κ3) is 3.98. The van der Waals surface area contributed by atoms with Crippen molar-refractivity contribution in [2.45, 2.75) is 32.4 Å². The molecule has 25 heavy (non-hydrogen) atoms. The summed E-state index contributed by atoms with van der Waals surface area (Å²) in [5, 5.41) is 10.9. The number of amides is 3. The van der Waals surface area contributed by atoms with Crippen LogP contribution in [0.15, 0.2) is 0 Å². The van der Waals surface area contributed by atoms with E-state index in [-0.39, 0.29) is 18.5 Å². The standard InChI is InChI=1S/C16H27N7O2/c1-12-18-19-14(21(12)3)11-20(2)13-5-8-22(10-13)6-4-7-23-15(24)9-17-16(23)25/h13H,4-11H2,1-3H3,(H,17,25)/t13-/m0/s1. The minimum Gasteiger partial charge on any atom is -0.329 e. The van der Waals surface area contributed by atoms with Crippen LogP contribution in [0, 0.1) is 6.92 Å². The first-order valence-electron chi connectivity index (χ1n) is 8.81. The summed E-state index contributed by atoms with van der Waals surface area (Å²) in [5.74, 6) is 1.79. The van der Waals surface area contributed by atoms with Gasteiger partial charge in [0.2, 0.25) is 5.91 Å². The van der Waals surface area contributed by atoms with Gasteiger partial charge in [0.25, 0.3) is 0 Å². The highest BCUT2D eigenvalue weighted by Crippen LogP contribution is 2.17. The maximum atomic E-state index is 11.6. The van der Waals surface area contributed by atoms with Gasteiger partial charge in [-0.3, -0.25) is 14.6 Å². The zero-order chi connectivity index (χ0) is 18.0. The van der Waals surface area contributed by atoms with Crippen LogP contribution in [0.25, 0.3) is 0 Å². The van der Waals surface area contributed by atoms with Gasteiger partial charge < -0.3 is 14.8 Å². The molecule has 0 radical (unpaired) electrons. The van der Waals surface area contributed by atoms with Crippen molar-refractivity contribution in [1.82, 2.24) is 34.8 Å². The van der Waals surface area contributed by atoms with E-state index in [1.165, 1.54) is 4.90 Å². The molecule has 2 fully saturated rings. The lowest BCUT2D eigenvalue weighted by Crippen LogP contribution is -2.36. The van der Waals surface area contributed by atoms with Gasteiger partial charge in [0.15, 0.2) is 0 Å². The predicted molar refractivity (Wildman–Crippen MR) is 91.8 cm³/mol. The molecule has 0 spiro atoms. The molecule has 0 aliphatic carbocycles. The first-order chi connectivity index (χ1) is 12.0. The summed E-state index contributed by atoms with van der Waals surface area (Å²) in [6, 6.07) is 0.233. The zero-order valence-electron chi connectivity index (χ0n) is 15.2. The number of rotatable bonds is 7. The zero-order valence-corrected chi connectivity index (χ0v) is 15.2. The van der Waals surface area contributed by atoms with Crippen LogP contribution in [0.1, 0.15) is 24.5 Å². The fourth-order valence-corrected chi connectivity index (χ4v) is 3.45. The molecule has 2 saturated heterocycles. The topological polar surface area (TPSA) is 86.6 Å². The minimum absolute atomic E-state index is 0.122. The molecule has 3 rings (SSSR count). The Morgan fingerprint density at radius 3 is 2.72 bits per heavy atom. The first kappa shape index (κ1) is 17.8. The molecular formula is C16H27N7O2. The number of urea groups is 1. The molecule has 1 N–H and O–H groups in total. The van der Waals surface area contributed by atoms with Crippen molar-refractivity contribution in [2.24, 2.45) is 7.05 Å². The van der Waals surface area contributed by atoms with Crippen LogP contribution in [0.5, 0.6) is 0 Å². The van der Waals surface area contributed by atoms with Crippen molar-refractivity contribution >= 4 is 11.9 Å². The number of hydrogen-bond donors (Lipinski definition) is 1. The molecule has 1 aromatic heterocycles. The summed E-state index contributed by atoms with van der Waals surface area (Å²) < 4.78 is 2.03. The fourth-order valence-electron chi connectivity index (χ4n) is 3.45. The van der Waals surface area contributed by atoms with Crippen LogP contribution in [0.4, 0.5) is 4.79 Å². The normalized spacial score (nSPS) is 21.6. The molecule has 2 aliphatic rings. The number of likely N-dealkylation sites (N-methyl/N-ethyl adjacent to an activating group) is 1. The Hall–Kier alpha value is -2.00. The summed E-state index contributed by atoms with van der Waals surface area (Å²) in [5.41, 5.74) is 0. The van der Waals surface area contributed by atoms with E-state index in [4.69, 9.17) is 0 Å². The van der Waals surface area contributed by atoms with E-state index in [0.29, 0.717) is 12.6 Å². The van der Waals surface area contributed by atoms with Crippen LogP contribution in [-0.4, -0.2) is 87.2 Å². The molecule has 2 aliphatic heterocycles. The molecule has 138 valence electrons. The number of carbonyl (C=O) groups is 2. The van der Waals surface area contributed by atoms with Crippen LogP contribution in [0.3, 0.4) is 0 Å². The van der Waals surface area contributed by atoms with Crippen molar-refractivity contribution in [3.8, 4) is 0 Å². The second-order valence-corrected chi connectivity index (χ2v) is 6.94. The van der Waals surface area contributed by atoms with Gasteiger partial charge in [-0.05, 0) is 39.9 Å². The van der Waals surface area contributed by atoms with E-state index in [9.17, 15) is 9.59 Å². The van der Waals surface area contributed by atoms with Gasteiger partial charge in [0, 0.05) is 26.2 Å². The first-order valence-corrected chi connectivity index (χ1v) is 8.81. The molecule has 1 aromatic rings. The number of aromatic nitrogens is 3. The summed E-state index contributed by atoms with van der Waals surface area (Å²) >= 11 is 0. The van der Waals surface area contributed by atoms with Crippen LogP contribution in [-0.2, 0) is 18.4 Å². The highest BCUT2D eigenvalue weighted by atomic mass is 16.2. The lowest BCUT2D eigenvalue weighted by molar-refractivity contribution is -0.125. The minimum atomic E-state index is -0.261. The molecule has 9 nitrogen and oxygen atoms in total. The maximum absolute atomic E-state index is 11.6. The van der Waals surface area contributed by atoms with Crippen molar-refractivity contribution in [1.29, 1.82) is 0 Å². The van der Waals surface area contributed by atoms with E-state index >= 15 is 0 Å². The van der Waals surface area contributed by atoms with E-state index < -0.39 is 0 Å². The molecular weight excluding hydrogens is 322 g/mol. The Kier molecular flexibility index (Phi) is 5.33. The summed E-state index contributed by atoms with van der Waals surface area (Å²) in [4.78, 5) is 29.1. The van der Waals surface area contributed by atoms with Gasteiger partial charge in [-0.25, -0.2) is 4.79 Å². The van der Waals surface area contributed by atoms with Crippen LogP contribution >= 0.6 is 0 Å². The van der Waals surface area contributed by atoms with Gasteiger partial charge in [0.05, 0.1) is 13.1 Å². The van der Waals surface area contributed by atoms with E-state index in [1.807, 2.05) is 18.5 Å². The Labute approximate surface area is 148 Å². The number of nitrogens with zero attached hydrogens (tertiary/aromatic N) is 6. The number of hydrogen-bond acceptors (Lipinski definition) is 6. The second-order valence-electron chi connectivity index (χ2n) is 6.94. The maximum Gasteiger partial charge on any atom is 0.324 e. The third-order valence-corrected chi connectivity index (χ3v) is 5.24. The smallest absolute Gasteiger partial charge is 0.324 e. The fraction of sp³-hybridized carbons (Fsp3) is 0.750. The molecule has 0 aromatic carbocycles. The van der Waals surface area contributed by atoms with Gasteiger partial charge in [-0.15, -0.1) is 10.2 Å². The average Bonchev–Trinajstić information content (AvgIpc) is 3.26. The number of carbonyl (C=O) groups excluding carboxylic acids is 2. The van der Waals surface area contributed by atoms with Crippen molar-refractivity contribution in [2.75, 3.05) is 39.8 Å². The molecule has 0 bridgehead atoms. The summed E-state index contributed by atoms with van der Waals surface area (Å²) in [7, 11) is 4.13. The molecule has 9 heteroatoms. The van der Waals surface area contributed by atoms with Gasteiger partial charge in [-0.1, -0.05) is 0 Å². The third-order valence-electron chi connectivity index (χ3n) is 5.24. The SMILES string of the molecule is Cc1nnc(CN(C)[C@H]2CCN(CCCN3C(=O)CNC3=O)C2)n1C. The molecule has 3 amide bonds. The van der Waals surface area contributed by atoms with Crippen molar-refractivity contribution in [3.05, 3.63) is 11.6 Å². The van der Waals surface area contributed by atoms with E-state index in [0.717, 1.165) is 50.7 Å². The van der Waals surface area contributed by atoms with Gasteiger partial charge in [0.1, 0.15) is 11.6 Å². The molecule has 1 atom stereocenters. The van der Waals surface area contributed by atoms with Crippen molar-refractivity contribution < 1.29 is 9.59 Å². The summed E-state index contributed by atoms with van der Waals surface area (Å²) in [6.07, 6.45) is 1.94. The van der Waals surface area contributed by atoms with E-state index in [2.05, 4.69) is 32.4 Å². The number of nitrogens with one attached hydrogen (secondary N) is 1. The average molecular weight is 349 g/mol. The lowest BCUT2D eigenvalue weighted by atomic mass is 10.2. The van der Waals surface area contributed by atoms with Gasteiger partial charge >= 0.3 is 6.03 Å². The Morgan fingerprint density at radius 2 is 2.08 bits per heavy atom. The highest BCUT2D eigenvalue weighted by molar-refractivity contribution is 6.01. The monoisotopic (exact) mass is 349 g/mol. The van der Waals surface area contributed by atoms with Gasteiger partial charge in [-0.2, -0.15) is 0 Å². The molecule has 3 heterocycles. The predicted octanol–water partition coefficient (Wildman–Crippen LogP) is -0.428. The largest absolute Gasteiger partial charge is 0.329 e. The quantitative estimate of drug-likeness (QED) is 0.673. The number of aryl methyl sites for hydroxylation is 1. The second kappa shape index (κ2) is 7.49. The number of imide groups is 1.